The van der Waals surface area contributed by atoms with E-state index in [1.807, 2.05) is 12.4 Å². The first-order chi connectivity index (χ1) is 7.24. The van der Waals surface area contributed by atoms with E-state index in [2.05, 4.69) is 43.2 Å². The zero-order chi connectivity index (χ0) is 11.1. The van der Waals surface area contributed by atoms with Gasteiger partial charge in [0.2, 0.25) is 0 Å². The summed E-state index contributed by atoms with van der Waals surface area (Å²) in [7, 11) is 0. The number of rotatable bonds is 6. The van der Waals surface area contributed by atoms with Crippen LogP contribution in [0.1, 0.15) is 45.2 Å². The quantitative estimate of drug-likeness (QED) is 0.773. The average Bonchev–Trinajstić information content (AvgIpc) is 2.27. The Morgan fingerprint density at radius 1 is 1.27 bits per heavy atom. The molecule has 15 heavy (non-hydrogen) atoms. The van der Waals surface area contributed by atoms with Crippen LogP contribution in [0, 0.1) is 5.92 Å². The minimum absolute atomic E-state index is 0.423. The van der Waals surface area contributed by atoms with Crippen molar-refractivity contribution >= 4 is 0 Å². The fourth-order valence-corrected chi connectivity index (χ4v) is 1.74. The first-order valence-corrected chi connectivity index (χ1v) is 5.87. The summed E-state index contributed by atoms with van der Waals surface area (Å²) in [6.07, 6.45) is 6.27. The number of pyridine rings is 1. The molecule has 0 fully saturated rings. The molecule has 0 aliphatic rings. The molecular weight excluding hydrogens is 184 g/mol. The van der Waals surface area contributed by atoms with E-state index in [0.717, 1.165) is 12.5 Å². The molecule has 0 saturated heterocycles. The van der Waals surface area contributed by atoms with Gasteiger partial charge in [0.1, 0.15) is 0 Å². The molecule has 0 aromatic carbocycles. The monoisotopic (exact) mass is 206 g/mol. The Balaban J connectivity index is 2.33. The lowest BCUT2D eigenvalue weighted by molar-refractivity contribution is 0.444. The maximum atomic E-state index is 4.02. The summed E-state index contributed by atoms with van der Waals surface area (Å²) in [4.78, 5) is 4.02. The maximum absolute atomic E-state index is 4.02. The highest BCUT2D eigenvalue weighted by molar-refractivity contribution is 5.13. The van der Waals surface area contributed by atoms with Crippen molar-refractivity contribution in [2.45, 2.75) is 39.7 Å². The number of hydrogen-bond acceptors (Lipinski definition) is 2. The van der Waals surface area contributed by atoms with E-state index in [9.17, 15) is 0 Å². The van der Waals surface area contributed by atoms with Gasteiger partial charge in [0, 0.05) is 18.4 Å². The minimum atomic E-state index is 0.423. The molecule has 0 spiro atoms. The van der Waals surface area contributed by atoms with Crippen molar-refractivity contribution in [1.82, 2.24) is 10.3 Å². The average molecular weight is 206 g/mol. The van der Waals surface area contributed by atoms with Gasteiger partial charge < -0.3 is 5.32 Å². The van der Waals surface area contributed by atoms with Crippen LogP contribution in [0.3, 0.4) is 0 Å². The highest BCUT2D eigenvalue weighted by Crippen LogP contribution is 2.11. The predicted molar refractivity (Wildman–Crippen MR) is 64.7 cm³/mol. The molecule has 1 N–H and O–H groups in total. The van der Waals surface area contributed by atoms with E-state index in [1.54, 1.807) is 0 Å². The summed E-state index contributed by atoms with van der Waals surface area (Å²) in [5, 5.41) is 3.56. The van der Waals surface area contributed by atoms with Crippen molar-refractivity contribution in [3.05, 3.63) is 30.1 Å². The Kier molecular flexibility index (Phi) is 5.33. The van der Waals surface area contributed by atoms with Gasteiger partial charge in [-0.3, -0.25) is 4.98 Å². The molecule has 1 aromatic rings. The van der Waals surface area contributed by atoms with Crippen LogP contribution in [0.4, 0.5) is 0 Å². The molecule has 0 saturated carbocycles. The molecule has 2 heteroatoms. The zero-order valence-corrected chi connectivity index (χ0v) is 10.0. The van der Waals surface area contributed by atoms with Gasteiger partial charge in [-0.2, -0.15) is 0 Å². The third-order valence-electron chi connectivity index (χ3n) is 2.76. The second-order valence-electron chi connectivity index (χ2n) is 4.30. The van der Waals surface area contributed by atoms with Crippen LogP contribution in [-0.4, -0.2) is 11.5 Å². The highest BCUT2D eigenvalue weighted by atomic mass is 14.9. The summed E-state index contributed by atoms with van der Waals surface area (Å²) < 4.78 is 0. The molecule has 1 heterocycles. The number of nitrogens with one attached hydrogen (secondary N) is 1. The molecule has 1 rings (SSSR count). The van der Waals surface area contributed by atoms with E-state index in [-0.39, 0.29) is 0 Å². The molecule has 1 aromatic heterocycles. The highest BCUT2D eigenvalue weighted by Gasteiger charge is 2.06. The number of aromatic nitrogens is 1. The molecule has 0 aliphatic heterocycles. The standard InChI is InChI=1S/C13H22N2/c1-4-5-11(2)10-15-12(3)13-6-8-14-9-7-13/h6-9,11-12,15H,4-5,10H2,1-3H3/t11?,12-/m1/s1. The van der Waals surface area contributed by atoms with Gasteiger partial charge in [-0.1, -0.05) is 20.3 Å². The van der Waals surface area contributed by atoms with Crippen LogP contribution in [0.2, 0.25) is 0 Å². The van der Waals surface area contributed by atoms with Crippen LogP contribution in [-0.2, 0) is 0 Å². The molecule has 2 atom stereocenters. The summed E-state index contributed by atoms with van der Waals surface area (Å²) in [6, 6.07) is 4.57. The van der Waals surface area contributed by atoms with Gasteiger partial charge in [-0.25, -0.2) is 0 Å². The van der Waals surface area contributed by atoms with Crippen LogP contribution < -0.4 is 5.32 Å². The fraction of sp³-hybridized carbons (Fsp3) is 0.615. The zero-order valence-electron chi connectivity index (χ0n) is 10.0. The summed E-state index contributed by atoms with van der Waals surface area (Å²) >= 11 is 0. The van der Waals surface area contributed by atoms with Crippen molar-refractivity contribution in [2.24, 2.45) is 5.92 Å². The van der Waals surface area contributed by atoms with Crippen LogP contribution >= 0.6 is 0 Å². The van der Waals surface area contributed by atoms with E-state index >= 15 is 0 Å². The molecular formula is C13H22N2. The fourth-order valence-electron chi connectivity index (χ4n) is 1.74. The lowest BCUT2D eigenvalue weighted by Crippen LogP contribution is -2.24. The Bertz CT molecular complexity index is 258. The summed E-state index contributed by atoms with van der Waals surface area (Å²) in [5.74, 6) is 0.763. The summed E-state index contributed by atoms with van der Waals surface area (Å²) in [6.45, 7) is 7.84. The van der Waals surface area contributed by atoms with Gasteiger partial charge >= 0.3 is 0 Å². The van der Waals surface area contributed by atoms with E-state index < -0.39 is 0 Å². The SMILES string of the molecule is CCCC(C)CN[C@H](C)c1ccncc1. The molecule has 84 valence electrons. The van der Waals surface area contributed by atoms with E-state index in [4.69, 9.17) is 0 Å². The lowest BCUT2D eigenvalue weighted by Gasteiger charge is -2.17. The Morgan fingerprint density at radius 3 is 2.53 bits per heavy atom. The van der Waals surface area contributed by atoms with E-state index in [1.165, 1.54) is 18.4 Å². The Morgan fingerprint density at radius 2 is 1.93 bits per heavy atom. The van der Waals surface area contributed by atoms with Crippen molar-refractivity contribution in [3.8, 4) is 0 Å². The Labute approximate surface area is 93.1 Å². The topological polar surface area (TPSA) is 24.9 Å². The minimum Gasteiger partial charge on any atom is -0.310 e. The smallest absolute Gasteiger partial charge is 0.0293 e. The van der Waals surface area contributed by atoms with Gasteiger partial charge in [0.05, 0.1) is 0 Å². The van der Waals surface area contributed by atoms with Crippen molar-refractivity contribution in [1.29, 1.82) is 0 Å². The molecule has 0 aliphatic carbocycles. The van der Waals surface area contributed by atoms with Gasteiger partial charge in [-0.05, 0) is 43.5 Å². The van der Waals surface area contributed by atoms with Crippen LogP contribution in [0.15, 0.2) is 24.5 Å². The third kappa shape index (κ3) is 4.43. The number of hydrogen-bond donors (Lipinski definition) is 1. The van der Waals surface area contributed by atoms with Gasteiger partial charge in [-0.15, -0.1) is 0 Å². The van der Waals surface area contributed by atoms with Crippen molar-refractivity contribution in [3.63, 3.8) is 0 Å². The largest absolute Gasteiger partial charge is 0.310 e. The molecule has 0 radical (unpaired) electrons. The van der Waals surface area contributed by atoms with Crippen molar-refractivity contribution < 1.29 is 0 Å². The molecule has 2 nitrogen and oxygen atoms in total. The van der Waals surface area contributed by atoms with Crippen molar-refractivity contribution in [2.75, 3.05) is 6.54 Å². The first-order valence-electron chi connectivity index (χ1n) is 5.87. The Hall–Kier alpha value is -0.890. The summed E-state index contributed by atoms with van der Waals surface area (Å²) in [5.41, 5.74) is 1.31. The predicted octanol–water partition coefficient (Wildman–Crippen LogP) is 3.17. The van der Waals surface area contributed by atoms with Gasteiger partial charge in [0.15, 0.2) is 0 Å². The molecule has 0 bridgehead atoms. The molecule has 0 amide bonds. The number of nitrogens with zero attached hydrogens (tertiary/aromatic N) is 1. The normalized spacial score (nSPS) is 14.9. The van der Waals surface area contributed by atoms with Gasteiger partial charge in [0.25, 0.3) is 0 Å². The molecule has 1 unspecified atom stereocenters. The third-order valence-corrected chi connectivity index (χ3v) is 2.76. The first kappa shape index (κ1) is 12.2. The van der Waals surface area contributed by atoms with E-state index in [0.29, 0.717) is 6.04 Å². The van der Waals surface area contributed by atoms with Crippen LogP contribution in [0.5, 0.6) is 0 Å². The lowest BCUT2D eigenvalue weighted by atomic mass is 10.0. The second-order valence-corrected chi connectivity index (χ2v) is 4.30. The van der Waals surface area contributed by atoms with Crippen LogP contribution in [0.25, 0.3) is 0 Å². The second kappa shape index (κ2) is 6.57. The maximum Gasteiger partial charge on any atom is 0.0293 e.